The number of ether oxygens (including phenoxy) is 1. The van der Waals surface area contributed by atoms with Gasteiger partial charge in [-0.15, -0.1) is 0 Å². The van der Waals surface area contributed by atoms with Crippen molar-refractivity contribution in [1.82, 2.24) is 0 Å². The van der Waals surface area contributed by atoms with Crippen LogP contribution in [-0.4, -0.2) is 15.8 Å². The summed E-state index contributed by atoms with van der Waals surface area (Å²) < 4.78 is 4.87. The van der Waals surface area contributed by atoms with Crippen LogP contribution < -0.4 is 4.74 Å². The van der Waals surface area contributed by atoms with E-state index in [1.807, 2.05) is 46.8 Å². The number of thioether (sulfide) groups is 1. The fraction of sp³-hybridized carbons (Fsp3) is 0.500. The first-order valence-corrected chi connectivity index (χ1v) is 10.6. The maximum Gasteiger partial charge on any atom is 0.374 e. The van der Waals surface area contributed by atoms with E-state index in [1.54, 1.807) is 0 Å². The highest BCUT2D eigenvalue weighted by Gasteiger charge is 2.48. The maximum atomic E-state index is 13.6. The average Bonchev–Trinajstić information content (AvgIpc) is 2.64. The minimum absolute atomic E-state index is 0.0132. The van der Waals surface area contributed by atoms with E-state index in [0.717, 1.165) is 39.6 Å². The van der Waals surface area contributed by atoms with E-state index in [9.17, 15) is 9.59 Å². The molecule has 1 aromatic rings. The zero-order valence-electron chi connectivity index (χ0n) is 18.1. The van der Waals surface area contributed by atoms with Gasteiger partial charge in [0.2, 0.25) is 0 Å². The molecule has 28 heavy (non-hydrogen) atoms. The summed E-state index contributed by atoms with van der Waals surface area (Å²) in [6, 6.07) is 4.13. The summed E-state index contributed by atoms with van der Waals surface area (Å²) >= 11 is 1.02. The summed E-state index contributed by atoms with van der Waals surface area (Å²) in [4.78, 5) is 26.5. The first kappa shape index (κ1) is 20.9. The van der Waals surface area contributed by atoms with Gasteiger partial charge in [0.15, 0.2) is 5.78 Å². The highest BCUT2D eigenvalue weighted by molar-refractivity contribution is 8.15. The molecule has 2 aliphatic rings. The van der Waals surface area contributed by atoms with Crippen molar-refractivity contribution in [2.24, 2.45) is 5.41 Å². The Balaban J connectivity index is 2.21. The summed E-state index contributed by atoms with van der Waals surface area (Å²) in [6.07, 6.45) is 4.36. The summed E-state index contributed by atoms with van der Waals surface area (Å²) in [5.41, 5.74) is 4.36. The second-order valence-electron chi connectivity index (χ2n) is 10.1. The Labute approximate surface area is 172 Å². The molecule has 0 N–H and O–H groups in total. The molecule has 1 aliphatic heterocycles. The molecular formula is C24H30O3S. The Morgan fingerprint density at radius 2 is 1.64 bits per heavy atom. The Morgan fingerprint density at radius 3 is 2.21 bits per heavy atom. The van der Waals surface area contributed by atoms with Crippen LogP contribution in [0.1, 0.15) is 65.2 Å². The molecule has 1 aromatic carbocycles. The monoisotopic (exact) mass is 398 g/mol. The predicted octanol–water partition coefficient (Wildman–Crippen LogP) is 6.32. The summed E-state index contributed by atoms with van der Waals surface area (Å²) in [5.74, 6) is 0.636. The minimum Gasteiger partial charge on any atom is -0.418 e. The number of hydrogen-bond acceptors (Lipinski definition) is 4. The molecule has 3 rings (SSSR count). The van der Waals surface area contributed by atoms with Crippen LogP contribution >= 0.6 is 11.8 Å². The smallest absolute Gasteiger partial charge is 0.374 e. The molecule has 3 nitrogen and oxygen atoms in total. The highest BCUT2D eigenvalue weighted by atomic mass is 32.2. The van der Waals surface area contributed by atoms with Gasteiger partial charge in [-0.2, -0.15) is 0 Å². The van der Waals surface area contributed by atoms with Crippen LogP contribution in [0.2, 0.25) is 0 Å². The summed E-state index contributed by atoms with van der Waals surface area (Å²) in [5, 5.41) is -0.416. The lowest BCUT2D eigenvalue weighted by Crippen LogP contribution is -2.42. The normalized spacial score (nSPS) is 23.0. The van der Waals surface area contributed by atoms with Gasteiger partial charge in [-0.1, -0.05) is 77.0 Å². The molecule has 1 spiro atoms. The van der Waals surface area contributed by atoms with Gasteiger partial charge >= 0.3 is 5.30 Å². The zero-order valence-corrected chi connectivity index (χ0v) is 19.0. The van der Waals surface area contributed by atoms with Crippen molar-refractivity contribution in [3.05, 3.63) is 52.1 Å². The zero-order chi connectivity index (χ0) is 21.1. The lowest BCUT2D eigenvalue weighted by Gasteiger charge is -2.35. The van der Waals surface area contributed by atoms with Crippen molar-refractivity contribution in [2.75, 3.05) is 0 Å². The second-order valence-corrected chi connectivity index (χ2v) is 11.4. The SMILES string of the molecule is CC1=CC2(Cc3cc(C)cc(C(C)(C)C)c3OC(=O)S2)C(=O)C(C(C)(C)C)=C1. The third-order valence-electron chi connectivity index (χ3n) is 5.29. The van der Waals surface area contributed by atoms with Gasteiger partial charge in [-0.05, 0) is 42.0 Å². The number of ketones is 1. The molecule has 0 fully saturated rings. The molecular weight excluding hydrogens is 368 g/mol. The molecule has 1 aliphatic carbocycles. The van der Waals surface area contributed by atoms with Crippen molar-refractivity contribution in [2.45, 2.75) is 72.0 Å². The lowest BCUT2D eigenvalue weighted by molar-refractivity contribution is -0.117. The van der Waals surface area contributed by atoms with Crippen LogP contribution in [-0.2, 0) is 16.6 Å². The Morgan fingerprint density at radius 1 is 1.00 bits per heavy atom. The average molecular weight is 399 g/mol. The number of hydrogen-bond donors (Lipinski definition) is 0. The second kappa shape index (κ2) is 6.62. The number of Topliss-reactive ketones (excluding diaryl/α,β-unsaturated/α-hetero) is 1. The van der Waals surface area contributed by atoms with Crippen molar-refractivity contribution in [3.63, 3.8) is 0 Å². The summed E-state index contributed by atoms with van der Waals surface area (Å²) in [6.45, 7) is 16.5. The van der Waals surface area contributed by atoms with Crippen molar-refractivity contribution in [3.8, 4) is 5.75 Å². The molecule has 0 aromatic heterocycles. The molecule has 0 radical (unpaired) electrons. The number of fused-ring (bicyclic) bond motifs is 1. The minimum atomic E-state index is -0.952. The molecule has 0 amide bonds. The van der Waals surface area contributed by atoms with Crippen LogP contribution in [0.3, 0.4) is 0 Å². The van der Waals surface area contributed by atoms with Gasteiger partial charge in [0, 0.05) is 17.6 Å². The van der Waals surface area contributed by atoms with Crippen LogP contribution in [0.25, 0.3) is 0 Å². The fourth-order valence-corrected chi connectivity index (χ4v) is 5.09. The van der Waals surface area contributed by atoms with Crippen molar-refractivity contribution in [1.29, 1.82) is 0 Å². The number of carbonyl (C=O) groups excluding carboxylic acids is 2. The first-order valence-electron chi connectivity index (χ1n) is 9.74. The highest BCUT2D eigenvalue weighted by Crippen LogP contribution is 2.48. The van der Waals surface area contributed by atoms with Gasteiger partial charge in [0.25, 0.3) is 0 Å². The van der Waals surface area contributed by atoms with E-state index in [-0.39, 0.29) is 16.6 Å². The number of rotatable bonds is 0. The van der Waals surface area contributed by atoms with Crippen LogP contribution in [0.5, 0.6) is 5.75 Å². The van der Waals surface area contributed by atoms with E-state index >= 15 is 0 Å². The number of benzene rings is 1. The van der Waals surface area contributed by atoms with E-state index in [2.05, 4.69) is 32.9 Å². The van der Waals surface area contributed by atoms with Gasteiger partial charge < -0.3 is 4.74 Å². The fourth-order valence-electron chi connectivity index (χ4n) is 3.99. The largest absolute Gasteiger partial charge is 0.418 e. The van der Waals surface area contributed by atoms with Crippen molar-refractivity contribution < 1.29 is 14.3 Å². The first-order chi connectivity index (χ1) is 12.7. The van der Waals surface area contributed by atoms with E-state index in [0.29, 0.717) is 12.2 Å². The van der Waals surface area contributed by atoms with Crippen LogP contribution in [0.4, 0.5) is 4.79 Å². The molecule has 0 saturated heterocycles. The molecule has 0 saturated carbocycles. The van der Waals surface area contributed by atoms with Gasteiger partial charge in [-0.25, -0.2) is 4.79 Å². The molecule has 1 atom stereocenters. The number of carbonyl (C=O) groups is 2. The molecule has 150 valence electrons. The third kappa shape index (κ3) is 3.71. The number of allylic oxidation sites excluding steroid dienone is 3. The van der Waals surface area contributed by atoms with E-state index in [1.165, 1.54) is 0 Å². The Bertz CT molecular complexity index is 922. The van der Waals surface area contributed by atoms with Crippen LogP contribution in [0, 0.1) is 12.3 Å². The quantitative estimate of drug-likeness (QED) is 0.480. The predicted molar refractivity (Wildman–Crippen MR) is 116 cm³/mol. The molecule has 1 heterocycles. The maximum absolute atomic E-state index is 13.6. The van der Waals surface area contributed by atoms with Gasteiger partial charge in [-0.3, -0.25) is 4.79 Å². The van der Waals surface area contributed by atoms with Crippen LogP contribution in [0.15, 0.2) is 35.4 Å². The van der Waals surface area contributed by atoms with E-state index < -0.39 is 10.0 Å². The van der Waals surface area contributed by atoms with Gasteiger partial charge in [0.1, 0.15) is 10.5 Å². The van der Waals surface area contributed by atoms with E-state index in [4.69, 9.17) is 4.74 Å². The van der Waals surface area contributed by atoms with Crippen molar-refractivity contribution >= 4 is 22.8 Å². The van der Waals surface area contributed by atoms with Gasteiger partial charge in [0.05, 0.1) is 0 Å². The third-order valence-corrected chi connectivity index (χ3v) is 6.35. The Hall–Kier alpha value is -1.81. The number of aryl methyl sites for hydroxylation is 1. The standard InChI is InChI=1S/C24H30O3S/c1-14-9-16-13-24(12-15(2)11-18(20(24)25)23(6,7)8)28-21(26)27-19(16)17(10-14)22(3,4)5/h9-12H,13H2,1-8H3. The molecule has 1 unspecified atom stereocenters. The topological polar surface area (TPSA) is 43.4 Å². The molecule has 0 bridgehead atoms. The Kier molecular flexibility index (Phi) is 4.94. The summed E-state index contributed by atoms with van der Waals surface area (Å²) in [7, 11) is 0. The lowest BCUT2D eigenvalue weighted by atomic mass is 9.74. The molecule has 4 heteroatoms.